The molecule has 0 bridgehead atoms. The zero-order valence-corrected chi connectivity index (χ0v) is 16.4. The van der Waals surface area contributed by atoms with Crippen LogP contribution in [0.1, 0.15) is 22.3 Å². The fraction of sp³-hybridized carbons (Fsp3) is 0.0909. The van der Waals surface area contributed by atoms with Crippen molar-refractivity contribution in [1.82, 2.24) is 15.0 Å². The van der Waals surface area contributed by atoms with Gasteiger partial charge in [-0.15, -0.1) is 5.10 Å². The number of ether oxygens (including phenoxy) is 1. The van der Waals surface area contributed by atoms with Gasteiger partial charge in [0, 0.05) is 11.1 Å². The molecule has 0 atom stereocenters. The van der Waals surface area contributed by atoms with Crippen molar-refractivity contribution in [2.45, 2.75) is 13.8 Å². The van der Waals surface area contributed by atoms with Crippen LogP contribution in [0.4, 0.5) is 0 Å². The van der Waals surface area contributed by atoms with Crippen LogP contribution in [0.3, 0.4) is 0 Å². The van der Waals surface area contributed by atoms with Crippen molar-refractivity contribution < 1.29 is 4.74 Å². The molecule has 0 saturated heterocycles. The predicted octanol–water partition coefficient (Wildman–Crippen LogP) is 5.23. The highest BCUT2D eigenvalue weighted by Crippen LogP contribution is 2.34. The molecule has 0 aliphatic carbocycles. The zero-order chi connectivity index (χ0) is 20.5. The van der Waals surface area contributed by atoms with Crippen LogP contribution in [-0.4, -0.2) is 15.0 Å². The number of aromatic nitrogens is 3. The molecule has 0 radical (unpaired) electrons. The van der Waals surface area contributed by atoms with Gasteiger partial charge in [-0.2, -0.15) is 10.5 Å². The van der Waals surface area contributed by atoms with E-state index in [9.17, 15) is 10.5 Å². The van der Waals surface area contributed by atoms with E-state index in [1.807, 2.05) is 56.3 Å². The minimum Gasteiger partial charge on any atom is -0.455 e. The van der Waals surface area contributed by atoms with Gasteiger partial charge in [0.1, 0.15) is 29.1 Å². The molecule has 1 aromatic heterocycles. The highest BCUT2D eigenvalue weighted by atomic mass is 35.5. The third-order valence-electron chi connectivity index (χ3n) is 4.56. The van der Waals surface area contributed by atoms with Crippen molar-refractivity contribution in [2.24, 2.45) is 0 Å². The highest BCUT2D eigenvalue weighted by Gasteiger charge is 2.17. The number of nitrogens with zero attached hydrogens (tertiary/aromatic N) is 5. The average molecular weight is 400 g/mol. The standard InChI is InChI=1S/C22H14ClN5O/c1-13-7-17(8-14(2)22(13)23)29-21-10-16(12-25)15(11-24)9-20(21)28-19-6-4-3-5-18(19)26-27-28/h3-10H,1-2H3. The van der Waals surface area contributed by atoms with Crippen molar-refractivity contribution in [1.29, 1.82) is 10.5 Å². The van der Waals surface area contributed by atoms with Gasteiger partial charge in [-0.3, -0.25) is 0 Å². The molecule has 3 aromatic carbocycles. The Kier molecular flexibility index (Phi) is 4.64. The summed E-state index contributed by atoms with van der Waals surface area (Å²) in [5, 5.41) is 28.0. The number of fused-ring (bicyclic) bond motifs is 1. The van der Waals surface area contributed by atoms with E-state index in [1.165, 1.54) is 0 Å². The van der Waals surface area contributed by atoms with E-state index < -0.39 is 0 Å². The summed E-state index contributed by atoms with van der Waals surface area (Å²) in [5.74, 6) is 0.959. The molecule has 0 N–H and O–H groups in total. The number of benzene rings is 3. The van der Waals surface area contributed by atoms with Gasteiger partial charge >= 0.3 is 0 Å². The monoisotopic (exact) mass is 399 g/mol. The molecule has 1 heterocycles. The number of aryl methyl sites for hydroxylation is 2. The molecular weight excluding hydrogens is 386 g/mol. The summed E-state index contributed by atoms with van der Waals surface area (Å²) in [6.45, 7) is 3.79. The molecule has 6 nitrogen and oxygen atoms in total. The maximum atomic E-state index is 9.47. The molecular formula is C22H14ClN5O. The van der Waals surface area contributed by atoms with Crippen molar-refractivity contribution in [2.75, 3.05) is 0 Å². The molecule has 0 fully saturated rings. The first-order valence-corrected chi connectivity index (χ1v) is 9.13. The molecule has 29 heavy (non-hydrogen) atoms. The lowest BCUT2D eigenvalue weighted by molar-refractivity contribution is 0.477. The second kappa shape index (κ2) is 7.27. The van der Waals surface area contributed by atoms with E-state index in [2.05, 4.69) is 16.4 Å². The maximum Gasteiger partial charge on any atom is 0.154 e. The summed E-state index contributed by atoms with van der Waals surface area (Å²) in [7, 11) is 0. The summed E-state index contributed by atoms with van der Waals surface area (Å²) < 4.78 is 7.73. The Morgan fingerprint density at radius 2 is 1.62 bits per heavy atom. The summed E-state index contributed by atoms with van der Waals surface area (Å²) in [4.78, 5) is 0. The second-order valence-electron chi connectivity index (χ2n) is 6.55. The molecule has 0 spiro atoms. The van der Waals surface area contributed by atoms with Crippen molar-refractivity contribution >= 4 is 22.6 Å². The molecule has 7 heteroatoms. The first-order valence-electron chi connectivity index (χ1n) is 8.75. The molecule has 0 amide bonds. The van der Waals surface area contributed by atoms with Crippen LogP contribution in [0.2, 0.25) is 5.02 Å². The van der Waals surface area contributed by atoms with Gasteiger partial charge in [0.2, 0.25) is 0 Å². The minimum atomic E-state index is 0.220. The quantitative estimate of drug-likeness (QED) is 0.471. The smallest absolute Gasteiger partial charge is 0.154 e. The van der Waals surface area contributed by atoms with Crippen molar-refractivity contribution in [3.8, 4) is 29.3 Å². The Morgan fingerprint density at radius 1 is 0.966 bits per heavy atom. The lowest BCUT2D eigenvalue weighted by atomic mass is 10.1. The molecule has 0 aliphatic heterocycles. The van der Waals surface area contributed by atoms with Crippen LogP contribution in [0, 0.1) is 36.5 Å². The van der Waals surface area contributed by atoms with E-state index in [0.29, 0.717) is 27.7 Å². The number of halogens is 1. The SMILES string of the molecule is Cc1cc(Oc2cc(C#N)c(C#N)cc2-n2nnc3ccccc32)cc(C)c1Cl. The normalized spacial score (nSPS) is 10.5. The number of para-hydroxylation sites is 1. The van der Waals surface area contributed by atoms with Gasteiger partial charge in [-0.25, -0.2) is 4.68 Å². The fourth-order valence-electron chi connectivity index (χ4n) is 3.14. The van der Waals surface area contributed by atoms with Crippen LogP contribution in [-0.2, 0) is 0 Å². The van der Waals surface area contributed by atoms with Crippen LogP contribution >= 0.6 is 11.6 Å². The number of rotatable bonds is 3. The van der Waals surface area contributed by atoms with Gasteiger partial charge in [-0.05, 0) is 55.3 Å². The van der Waals surface area contributed by atoms with Crippen molar-refractivity contribution in [3.63, 3.8) is 0 Å². The predicted molar refractivity (Wildman–Crippen MR) is 109 cm³/mol. The number of hydrogen-bond acceptors (Lipinski definition) is 5. The van der Waals surface area contributed by atoms with Gasteiger partial charge in [-0.1, -0.05) is 28.9 Å². The summed E-state index contributed by atoms with van der Waals surface area (Å²) in [6.07, 6.45) is 0. The lowest BCUT2D eigenvalue weighted by Gasteiger charge is -2.14. The van der Waals surface area contributed by atoms with Gasteiger partial charge in [0.15, 0.2) is 5.75 Å². The van der Waals surface area contributed by atoms with Crippen molar-refractivity contribution in [3.05, 3.63) is 75.8 Å². The third-order valence-corrected chi connectivity index (χ3v) is 5.15. The topological polar surface area (TPSA) is 87.5 Å². The molecule has 0 aliphatic rings. The molecule has 140 valence electrons. The van der Waals surface area contributed by atoms with Crippen LogP contribution in [0.25, 0.3) is 16.7 Å². The largest absolute Gasteiger partial charge is 0.455 e. The van der Waals surface area contributed by atoms with E-state index in [-0.39, 0.29) is 11.1 Å². The van der Waals surface area contributed by atoms with E-state index in [1.54, 1.807) is 16.8 Å². The van der Waals surface area contributed by atoms with Crippen LogP contribution in [0.5, 0.6) is 11.5 Å². The summed E-state index contributed by atoms with van der Waals surface area (Å²) in [5.41, 5.74) is 4.19. The Bertz CT molecular complexity index is 1320. The first-order chi connectivity index (χ1) is 14.0. The van der Waals surface area contributed by atoms with Gasteiger partial charge in [0.25, 0.3) is 0 Å². The van der Waals surface area contributed by atoms with Gasteiger partial charge < -0.3 is 4.74 Å². The Labute approximate surface area is 172 Å². The highest BCUT2D eigenvalue weighted by molar-refractivity contribution is 6.32. The Morgan fingerprint density at radius 3 is 2.31 bits per heavy atom. The van der Waals surface area contributed by atoms with Crippen LogP contribution in [0.15, 0.2) is 48.5 Å². The summed E-state index contributed by atoms with van der Waals surface area (Å²) in [6, 6.07) is 18.4. The second-order valence-corrected chi connectivity index (χ2v) is 6.93. The number of nitriles is 2. The average Bonchev–Trinajstić information content (AvgIpc) is 3.15. The van der Waals surface area contributed by atoms with E-state index in [4.69, 9.17) is 16.3 Å². The Balaban J connectivity index is 1.93. The molecule has 0 saturated carbocycles. The maximum absolute atomic E-state index is 9.47. The molecule has 4 aromatic rings. The van der Waals surface area contributed by atoms with Gasteiger partial charge in [0.05, 0.1) is 16.6 Å². The number of hydrogen-bond donors (Lipinski definition) is 0. The third kappa shape index (κ3) is 3.27. The van der Waals surface area contributed by atoms with E-state index >= 15 is 0 Å². The van der Waals surface area contributed by atoms with Crippen LogP contribution < -0.4 is 4.74 Å². The summed E-state index contributed by atoms with van der Waals surface area (Å²) >= 11 is 6.26. The molecule has 4 rings (SSSR count). The lowest BCUT2D eigenvalue weighted by Crippen LogP contribution is -2.02. The van der Waals surface area contributed by atoms with E-state index in [0.717, 1.165) is 16.6 Å². The zero-order valence-electron chi connectivity index (χ0n) is 15.6. The fourth-order valence-corrected chi connectivity index (χ4v) is 3.25. The minimum absolute atomic E-state index is 0.220. The first kappa shape index (κ1) is 18.5. The molecule has 0 unspecified atom stereocenters. The Hall–Kier alpha value is -3.87.